The van der Waals surface area contributed by atoms with Crippen molar-refractivity contribution >= 4 is 17.2 Å². The Bertz CT molecular complexity index is 1220. The molecular formula is C23H21FN4O3S. The Labute approximate surface area is 188 Å². The van der Waals surface area contributed by atoms with Crippen molar-refractivity contribution in [1.82, 2.24) is 19.7 Å². The van der Waals surface area contributed by atoms with E-state index >= 15 is 0 Å². The van der Waals surface area contributed by atoms with Crippen LogP contribution < -0.4 is 9.47 Å². The monoisotopic (exact) mass is 452 g/mol. The highest BCUT2D eigenvalue weighted by molar-refractivity contribution is 7.13. The number of amides is 1. The van der Waals surface area contributed by atoms with Crippen LogP contribution in [0.3, 0.4) is 0 Å². The van der Waals surface area contributed by atoms with Crippen molar-refractivity contribution in [1.29, 1.82) is 0 Å². The summed E-state index contributed by atoms with van der Waals surface area (Å²) in [6.07, 6.45) is 0. The molecule has 0 N–H and O–H groups in total. The Morgan fingerprint density at radius 1 is 1.12 bits per heavy atom. The number of methoxy groups -OCH3 is 2. The molecule has 4 aromatic rings. The summed E-state index contributed by atoms with van der Waals surface area (Å²) in [7, 11) is 4.83. The van der Waals surface area contributed by atoms with Crippen LogP contribution in [0.4, 0.5) is 4.39 Å². The van der Waals surface area contributed by atoms with Crippen LogP contribution >= 0.6 is 11.3 Å². The van der Waals surface area contributed by atoms with E-state index in [0.29, 0.717) is 29.6 Å². The summed E-state index contributed by atoms with van der Waals surface area (Å²) in [6, 6.07) is 15.1. The number of carbonyl (C=O) groups is 1. The SMILES string of the molecule is COc1ccc(CN(C)C(=O)c2nc(-c3cccs3)n(-c3ccc(F)cc3)n2)c(OC)c1. The second-order valence-electron chi connectivity index (χ2n) is 6.96. The number of hydrogen-bond donors (Lipinski definition) is 0. The van der Waals surface area contributed by atoms with Crippen LogP contribution in [0.5, 0.6) is 11.5 Å². The second-order valence-corrected chi connectivity index (χ2v) is 7.91. The maximum atomic E-state index is 13.4. The molecule has 0 aliphatic heterocycles. The Morgan fingerprint density at radius 3 is 2.56 bits per heavy atom. The van der Waals surface area contributed by atoms with Gasteiger partial charge in [0.2, 0.25) is 5.82 Å². The van der Waals surface area contributed by atoms with Crippen LogP contribution in [0.15, 0.2) is 60.0 Å². The fourth-order valence-electron chi connectivity index (χ4n) is 3.21. The molecule has 0 fully saturated rings. The van der Waals surface area contributed by atoms with E-state index in [0.717, 1.165) is 10.4 Å². The number of halogens is 1. The van der Waals surface area contributed by atoms with Crippen molar-refractivity contribution in [2.75, 3.05) is 21.3 Å². The number of aromatic nitrogens is 3. The van der Waals surface area contributed by atoms with Crippen LogP contribution in [0.2, 0.25) is 0 Å². The summed E-state index contributed by atoms with van der Waals surface area (Å²) in [5.74, 6) is 1.16. The van der Waals surface area contributed by atoms with Gasteiger partial charge in [-0.15, -0.1) is 16.4 Å². The lowest BCUT2D eigenvalue weighted by molar-refractivity contribution is 0.0772. The maximum Gasteiger partial charge on any atom is 0.293 e. The number of thiophene rings is 1. The van der Waals surface area contributed by atoms with Crippen molar-refractivity contribution in [2.24, 2.45) is 0 Å². The van der Waals surface area contributed by atoms with Crippen LogP contribution in [0, 0.1) is 5.82 Å². The van der Waals surface area contributed by atoms with Gasteiger partial charge >= 0.3 is 0 Å². The van der Waals surface area contributed by atoms with E-state index in [2.05, 4.69) is 10.1 Å². The topological polar surface area (TPSA) is 69.5 Å². The predicted molar refractivity (Wildman–Crippen MR) is 120 cm³/mol. The minimum Gasteiger partial charge on any atom is -0.497 e. The summed E-state index contributed by atoms with van der Waals surface area (Å²) in [5, 5.41) is 6.37. The summed E-state index contributed by atoms with van der Waals surface area (Å²) in [5.41, 5.74) is 1.43. The van der Waals surface area contributed by atoms with Gasteiger partial charge in [0, 0.05) is 25.2 Å². The van der Waals surface area contributed by atoms with E-state index in [1.807, 2.05) is 29.6 Å². The normalized spacial score (nSPS) is 10.8. The number of ether oxygens (including phenoxy) is 2. The molecule has 2 heterocycles. The molecule has 4 rings (SSSR count). The lowest BCUT2D eigenvalue weighted by Gasteiger charge is -2.18. The zero-order chi connectivity index (χ0) is 22.7. The van der Waals surface area contributed by atoms with Gasteiger partial charge in [-0.1, -0.05) is 6.07 Å². The average Bonchev–Trinajstić information content (AvgIpc) is 3.49. The van der Waals surface area contributed by atoms with Crippen LogP contribution in [0.1, 0.15) is 16.2 Å². The number of rotatable bonds is 7. The highest BCUT2D eigenvalue weighted by atomic mass is 32.1. The number of nitrogens with zero attached hydrogens (tertiary/aromatic N) is 4. The van der Waals surface area contributed by atoms with E-state index < -0.39 is 0 Å². The first-order chi connectivity index (χ1) is 15.5. The third-order valence-corrected chi connectivity index (χ3v) is 5.73. The third kappa shape index (κ3) is 4.33. The summed E-state index contributed by atoms with van der Waals surface area (Å²) in [4.78, 5) is 20.0. The molecule has 0 aliphatic rings. The highest BCUT2D eigenvalue weighted by Crippen LogP contribution is 2.28. The molecule has 0 aliphatic carbocycles. The molecule has 164 valence electrons. The summed E-state index contributed by atoms with van der Waals surface area (Å²) in [6.45, 7) is 0.297. The largest absolute Gasteiger partial charge is 0.497 e. The van der Waals surface area contributed by atoms with Gasteiger partial charge in [0.25, 0.3) is 5.91 Å². The van der Waals surface area contributed by atoms with E-state index in [1.165, 1.54) is 28.4 Å². The quantitative estimate of drug-likeness (QED) is 0.415. The Kier molecular flexibility index (Phi) is 6.18. The van der Waals surface area contributed by atoms with Crippen LogP contribution in [-0.2, 0) is 6.54 Å². The first-order valence-electron chi connectivity index (χ1n) is 9.73. The highest BCUT2D eigenvalue weighted by Gasteiger charge is 2.23. The minimum atomic E-state index is -0.351. The molecule has 0 unspecified atom stereocenters. The van der Waals surface area contributed by atoms with Gasteiger partial charge in [-0.2, -0.15) is 0 Å². The van der Waals surface area contributed by atoms with E-state index in [9.17, 15) is 9.18 Å². The first kappa shape index (κ1) is 21.5. The van der Waals surface area contributed by atoms with Crippen molar-refractivity contribution in [3.05, 3.63) is 77.2 Å². The molecule has 0 saturated heterocycles. The fraction of sp³-hybridized carbons (Fsp3) is 0.174. The van der Waals surface area contributed by atoms with Gasteiger partial charge in [0.15, 0.2) is 5.82 Å². The number of hydrogen-bond acceptors (Lipinski definition) is 6. The Balaban J connectivity index is 1.65. The first-order valence-corrected chi connectivity index (χ1v) is 10.6. The van der Waals surface area contributed by atoms with Crippen molar-refractivity contribution < 1.29 is 18.7 Å². The Hall–Kier alpha value is -3.72. The molecule has 9 heteroatoms. The summed E-state index contributed by atoms with van der Waals surface area (Å²) >= 11 is 1.48. The molecule has 0 saturated carbocycles. The van der Waals surface area contributed by atoms with Gasteiger partial charge < -0.3 is 14.4 Å². The molecule has 0 spiro atoms. The van der Waals surface area contributed by atoms with Crippen molar-refractivity contribution in [3.63, 3.8) is 0 Å². The lowest BCUT2D eigenvalue weighted by atomic mass is 10.1. The van der Waals surface area contributed by atoms with Gasteiger partial charge in [0.1, 0.15) is 17.3 Å². The zero-order valence-corrected chi connectivity index (χ0v) is 18.6. The van der Waals surface area contributed by atoms with Gasteiger partial charge in [-0.05, 0) is 47.8 Å². The van der Waals surface area contributed by atoms with Crippen molar-refractivity contribution in [3.8, 4) is 27.9 Å². The van der Waals surface area contributed by atoms with Crippen molar-refractivity contribution in [2.45, 2.75) is 6.54 Å². The molecular weight excluding hydrogens is 431 g/mol. The maximum absolute atomic E-state index is 13.4. The van der Waals surface area contributed by atoms with Gasteiger partial charge in [-0.25, -0.2) is 14.1 Å². The molecule has 2 aromatic heterocycles. The molecule has 2 aromatic carbocycles. The molecule has 1 amide bonds. The second kappa shape index (κ2) is 9.19. The van der Waals surface area contributed by atoms with Crippen LogP contribution in [-0.4, -0.2) is 46.8 Å². The van der Waals surface area contributed by atoms with Crippen LogP contribution in [0.25, 0.3) is 16.4 Å². The van der Waals surface area contributed by atoms with Gasteiger partial charge in [0.05, 0.1) is 24.8 Å². The van der Waals surface area contributed by atoms with E-state index in [-0.39, 0.29) is 17.5 Å². The molecule has 7 nitrogen and oxygen atoms in total. The number of benzene rings is 2. The number of carbonyl (C=O) groups excluding carboxylic acids is 1. The third-order valence-electron chi connectivity index (χ3n) is 4.86. The average molecular weight is 453 g/mol. The smallest absolute Gasteiger partial charge is 0.293 e. The molecule has 0 bridgehead atoms. The zero-order valence-electron chi connectivity index (χ0n) is 17.8. The predicted octanol–water partition coefficient (Wildman–Crippen LogP) is 4.42. The molecule has 0 radical (unpaired) electrons. The van der Waals surface area contributed by atoms with Gasteiger partial charge in [-0.3, -0.25) is 4.79 Å². The molecule has 32 heavy (non-hydrogen) atoms. The molecule has 0 atom stereocenters. The van der Waals surface area contributed by atoms with E-state index in [1.54, 1.807) is 44.1 Å². The minimum absolute atomic E-state index is 0.0488. The van der Waals surface area contributed by atoms with E-state index in [4.69, 9.17) is 9.47 Å². The standard InChI is InChI=1S/C23H21FN4O3S/c1-27(14-15-6-11-18(30-2)13-19(15)31-3)23(29)21-25-22(20-5-4-12-32-20)28(26-21)17-9-7-16(24)8-10-17/h4-13H,14H2,1-3H3. The lowest BCUT2D eigenvalue weighted by Crippen LogP contribution is -2.27. The summed E-state index contributed by atoms with van der Waals surface area (Å²) < 4.78 is 25.6. The Morgan fingerprint density at radius 2 is 1.91 bits per heavy atom. The fourth-order valence-corrected chi connectivity index (χ4v) is 3.91.